The Bertz CT molecular complexity index is 523. The standard InChI is InChI=1S/C15H20N2O2/c1-4-5-16-6-7-17-12-9-10(2)8-11(3)13(12)14(18)15(17)19/h8-9,16H,4-7H2,1-3H3. The Balaban J connectivity index is 2.23. The molecule has 2 rings (SSSR count). The van der Waals surface area contributed by atoms with Gasteiger partial charge in [0.15, 0.2) is 0 Å². The third-order valence-corrected chi connectivity index (χ3v) is 3.36. The summed E-state index contributed by atoms with van der Waals surface area (Å²) in [6.45, 7) is 8.14. The largest absolute Gasteiger partial charge is 0.315 e. The van der Waals surface area contributed by atoms with E-state index in [-0.39, 0.29) is 5.78 Å². The van der Waals surface area contributed by atoms with E-state index in [1.807, 2.05) is 26.0 Å². The molecule has 0 radical (unpaired) electrons. The normalized spacial score (nSPS) is 14.2. The van der Waals surface area contributed by atoms with Gasteiger partial charge in [-0.2, -0.15) is 0 Å². The van der Waals surface area contributed by atoms with Crippen molar-refractivity contribution >= 4 is 17.4 Å². The summed E-state index contributed by atoms with van der Waals surface area (Å²) in [4.78, 5) is 25.7. The summed E-state index contributed by atoms with van der Waals surface area (Å²) >= 11 is 0. The quantitative estimate of drug-likeness (QED) is 0.649. The zero-order valence-corrected chi connectivity index (χ0v) is 11.7. The molecule has 0 bridgehead atoms. The van der Waals surface area contributed by atoms with Crippen molar-refractivity contribution in [3.05, 3.63) is 28.8 Å². The molecule has 0 saturated heterocycles. The van der Waals surface area contributed by atoms with Crippen LogP contribution in [0.25, 0.3) is 0 Å². The van der Waals surface area contributed by atoms with Gasteiger partial charge in [-0.1, -0.05) is 13.0 Å². The number of rotatable bonds is 5. The second-order valence-corrected chi connectivity index (χ2v) is 5.01. The highest BCUT2D eigenvalue weighted by Gasteiger charge is 2.36. The van der Waals surface area contributed by atoms with E-state index in [1.54, 1.807) is 4.90 Å². The van der Waals surface area contributed by atoms with Crippen LogP contribution in [0.2, 0.25) is 0 Å². The van der Waals surface area contributed by atoms with Gasteiger partial charge in [0, 0.05) is 13.1 Å². The van der Waals surface area contributed by atoms with Gasteiger partial charge in [0.1, 0.15) is 0 Å². The first-order valence-corrected chi connectivity index (χ1v) is 6.74. The molecule has 102 valence electrons. The lowest BCUT2D eigenvalue weighted by molar-refractivity contribution is -0.114. The number of carbonyl (C=O) groups excluding carboxylic acids is 2. The molecule has 0 atom stereocenters. The highest BCUT2D eigenvalue weighted by molar-refractivity contribution is 6.52. The smallest absolute Gasteiger partial charge is 0.299 e. The zero-order chi connectivity index (χ0) is 14.0. The van der Waals surface area contributed by atoms with Crippen LogP contribution in [0.15, 0.2) is 12.1 Å². The predicted octanol–water partition coefficient (Wildman–Crippen LogP) is 1.83. The lowest BCUT2D eigenvalue weighted by atomic mass is 10.0. The number of nitrogens with zero attached hydrogens (tertiary/aromatic N) is 1. The van der Waals surface area contributed by atoms with Crippen molar-refractivity contribution in [1.29, 1.82) is 0 Å². The minimum absolute atomic E-state index is 0.372. The summed E-state index contributed by atoms with van der Waals surface area (Å²) in [6, 6.07) is 3.87. The van der Waals surface area contributed by atoms with Crippen LogP contribution in [0.4, 0.5) is 5.69 Å². The van der Waals surface area contributed by atoms with E-state index < -0.39 is 5.91 Å². The molecule has 19 heavy (non-hydrogen) atoms. The predicted molar refractivity (Wildman–Crippen MR) is 75.8 cm³/mol. The van der Waals surface area contributed by atoms with E-state index >= 15 is 0 Å². The Labute approximate surface area is 113 Å². The van der Waals surface area contributed by atoms with Crippen LogP contribution in [-0.2, 0) is 4.79 Å². The van der Waals surface area contributed by atoms with E-state index in [4.69, 9.17) is 0 Å². The number of hydrogen-bond donors (Lipinski definition) is 1. The van der Waals surface area contributed by atoms with E-state index in [9.17, 15) is 9.59 Å². The number of amides is 1. The maximum atomic E-state index is 12.0. The van der Waals surface area contributed by atoms with E-state index in [0.717, 1.165) is 29.8 Å². The van der Waals surface area contributed by atoms with Crippen molar-refractivity contribution in [3.8, 4) is 0 Å². The second-order valence-electron chi connectivity index (χ2n) is 5.01. The number of carbonyl (C=O) groups is 2. The number of hydrogen-bond acceptors (Lipinski definition) is 3. The van der Waals surface area contributed by atoms with Gasteiger partial charge < -0.3 is 10.2 Å². The highest BCUT2D eigenvalue weighted by atomic mass is 16.2. The van der Waals surface area contributed by atoms with Gasteiger partial charge in [-0.25, -0.2) is 0 Å². The van der Waals surface area contributed by atoms with Gasteiger partial charge in [-0.3, -0.25) is 9.59 Å². The Morgan fingerprint density at radius 1 is 1.16 bits per heavy atom. The van der Waals surface area contributed by atoms with Crippen LogP contribution in [0, 0.1) is 13.8 Å². The molecule has 0 unspecified atom stereocenters. The SMILES string of the molecule is CCCNCCN1C(=O)C(=O)c2c(C)cc(C)cc21. The fraction of sp³-hybridized carbons (Fsp3) is 0.467. The number of aryl methyl sites for hydroxylation is 2. The van der Waals surface area contributed by atoms with Crippen LogP contribution in [0.1, 0.15) is 34.8 Å². The van der Waals surface area contributed by atoms with Gasteiger partial charge in [-0.15, -0.1) is 0 Å². The Morgan fingerprint density at radius 2 is 1.89 bits per heavy atom. The molecule has 0 saturated carbocycles. The number of ketones is 1. The molecule has 1 amide bonds. The van der Waals surface area contributed by atoms with Gasteiger partial charge in [0.05, 0.1) is 11.3 Å². The van der Waals surface area contributed by atoms with Crippen LogP contribution in [0.3, 0.4) is 0 Å². The minimum atomic E-state index is -0.401. The molecule has 4 heteroatoms. The molecule has 0 aliphatic carbocycles. The molecule has 1 aromatic carbocycles. The first-order valence-electron chi connectivity index (χ1n) is 6.74. The maximum absolute atomic E-state index is 12.0. The third-order valence-electron chi connectivity index (χ3n) is 3.36. The monoisotopic (exact) mass is 260 g/mol. The molecule has 1 N–H and O–H groups in total. The Morgan fingerprint density at radius 3 is 2.58 bits per heavy atom. The van der Waals surface area contributed by atoms with Gasteiger partial charge in [-0.05, 0) is 44.0 Å². The number of anilines is 1. The molecule has 1 heterocycles. The summed E-state index contributed by atoms with van der Waals surface area (Å²) in [5.41, 5.74) is 3.31. The first kappa shape index (κ1) is 13.7. The van der Waals surface area contributed by atoms with Crippen molar-refractivity contribution in [2.75, 3.05) is 24.5 Å². The maximum Gasteiger partial charge on any atom is 0.299 e. The zero-order valence-electron chi connectivity index (χ0n) is 11.7. The molecule has 4 nitrogen and oxygen atoms in total. The lowest BCUT2D eigenvalue weighted by Gasteiger charge is -2.17. The van der Waals surface area contributed by atoms with Crippen LogP contribution in [0.5, 0.6) is 0 Å². The van der Waals surface area contributed by atoms with Gasteiger partial charge >= 0.3 is 0 Å². The number of nitrogens with one attached hydrogen (secondary N) is 1. The molecular formula is C15H20N2O2. The van der Waals surface area contributed by atoms with Crippen molar-refractivity contribution in [2.24, 2.45) is 0 Å². The Hall–Kier alpha value is -1.68. The summed E-state index contributed by atoms with van der Waals surface area (Å²) in [5.74, 6) is -0.773. The number of fused-ring (bicyclic) bond motifs is 1. The third kappa shape index (κ3) is 2.54. The van der Waals surface area contributed by atoms with E-state index in [1.165, 1.54) is 0 Å². The highest BCUT2D eigenvalue weighted by Crippen LogP contribution is 2.32. The molecular weight excluding hydrogens is 240 g/mol. The van der Waals surface area contributed by atoms with Crippen LogP contribution < -0.4 is 10.2 Å². The van der Waals surface area contributed by atoms with Crippen molar-refractivity contribution in [3.63, 3.8) is 0 Å². The molecule has 0 fully saturated rings. The minimum Gasteiger partial charge on any atom is -0.315 e. The van der Waals surface area contributed by atoms with Crippen molar-refractivity contribution in [2.45, 2.75) is 27.2 Å². The summed E-state index contributed by atoms with van der Waals surface area (Å²) < 4.78 is 0. The fourth-order valence-electron chi connectivity index (χ4n) is 2.51. The topological polar surface area (TPSA) is 49.4 Å². The lowest BCUT2D eigenvalue weighted by Crippen LogP contribution is -2.36. The van der Waals surface area contributed by atoms with Crippen LogP contribution >= 0.6 is 0 Å². The molecule has 1 aliphatic rings. The summed E-state index contributed by atoms with van der Waals surface area (Å²) in [5, 5.41) is 3.25. The fourth-order valence-corrected chi connectivity index (χ4v) is 2.51. The summed E-state index contributed by atoms with van der Waals surface area (Å²) in [7, 11) is 0. The summed E-state index contributed by atoms with van der Waals surface area (Å²) in [6.07, 6.45) is 1.06. The molecule has 0 spiro atoms. The molecule has 0 aromatic heterocycles. The Kier molecular flexibility index (Phi) is 4.00. The molecule has 1 aliphatic heterocycles. The van der Waals surface area contributed by atoms with Gasteiger partial charge in [0.25, 0.3) is 11.7 Å². The van der Waals surface area contributed by atoms with Gasteiger partial charge in [0.2, 0.25) is 0 Å². The van der Waals surface area contributed by atoms with Crippen LogP contribution in [-0.4, -0.2) is 31.3 Å². The molecule has 1 aromatic rings. The number of Topliss-reactive ketones (excluding diaryl/α,β-unsaturated/α-hetero) is 1. The first-order chi connectivity index (χ1) is 9.06. The van der Waals surface area contributed by atoms with Crippen molar-refractivity contribution in [1.82, 2.24) is 5.32 Å². The average Bonchev–Trinajstić information content (AvgIpc) is 2.59. The van der Waals surface area contributed by atoms with E-state index in [0.29, 0.717) is 18.7 Å². The second kappa shape index (κ2) is 5.53. The number of benzene rings is 1. The van der Waals surface area contributed by atoms with Crippen molar-refractivity contribution < 1.29 is 9.59 Å². The van der Waals surface area contributed by atoms with E-state index in [2.05, 4.69) is 12.2 Å². The average molecular weight is 260 g/mol.